The Morgan fingerprint density at radius 1 is 1.11 bits per heavy atom. The minimum Gasteiger partial charge on any atom is -0.495 e. The highest BCUT2D eigenvalue weighted by Crippen LogP contribution is 2.27. The number of ether oxygens (including phenoxy) is 1. The maximum absolute atomic E-state index is 12.4. The average molecular weight is 388 g/mol. The Kier molecular flexibility index (Phi) is 5.86. The van der Waals surface area contributed by atoms with Crippen LogP contribution in [-0.4, -0.2) is 31.0 Å². The van der Waals surface area contributed by atoms with E-state index in [1.54, 1.807) is 49.4 Å². The van der Waals surface area contributed by atoms with Crippen LogP contribution in [0.4, 0.5) is 11.4 Å². The second-order valence-corrected chi connectivity index (χ2v) is 6.94. The fourth-order valence-electron chi connectivity index (χ4n) is 2.52. The van der Waals surface area contributed by atoms with Gasteiger partial charge in [0.25, 0.3) is 5.91 Å². The molecule has 2 aromatic carbocycles. The van der Waals surface area contributed by atoms with Crippen LogP contribution >= 0.6 is 11.6 Å². The van der Waals surface area contributed by atoms with Crippen LogP contribution in [0.1, 0.15) is 30.1 Å². The smallest absolute Gasteiger partial charge is 0.251 e. The average Bonchev–Trinajstić information content (AvgIpc) is 3.46. The first kappa shape index (κ1) is 19.0. The van der Waals surface area contributed by atoms with E-state index in [1.807, 2.05) is 0 Å². The van der Waals surface area contributed by atoms with Gasteiger partial charge < -0.3 is 20.7 Å². The molecule has 0 saturated heterocycles. The van der Waals surface area contributed by atoms with Crippen LogP contribution in [0.15, 0.2) is 42.5 Å². The first-order chi connectivity index (χ1) is 13.0. The van der Waals surface area contributed by atoms with Crippen LogP contribution in [0.25, 0.3) is 0 Å². The number of hydrogen-bond donors (Lipinski definition) is 3. The Bertz CT molecular complexity index is 835. The summed E-state index contributed by atoms with van der Waals surface area (Å²) < 4.78 is 5.10. The molecule has 0 spiro atoms. The second-order valence-electron chi connectivity index (χ2n) is 6.53. The molecule has 27 heavy (non-hydrogen) atoms. The highest BCUT2D eigenvalue weighted by atomic mass is 35.5. The summed E-state index contributed by atoms with van der Waals surface area (Å²) >= 11 is 6.07. The molecule has 3 rings (SSSR count). The van der Waals surface area contributed by atoms with Gasteiger partial charge >= 0.3 is 0 Å². The lowest BCUT2D eigenvalue weighted by Crippen LogP contribution is -2.31. The van der Waals surface area contributed by atoms with Crippen LogP contribution in [0, 0.1) is 0 Å². The molecule has 1 atom stereocenters. The molecule has 1 unspecified atom stereocenters. The van der Waals surface area contributed by atoms with Crippen LogP contribution in [0.3, 0.4) is 0 Å². The van der Waals surface area contributed by atoms with E-state index < -0.39 is 6.04 Å². The molecule has 142 valence electrons. The minimum absolute atomic E-state index is 0.0637. The molecule has 0 bridgehead atoms. The lowest BCUT2D eigenvalue weighted by molar-refractivity contribution is -0.116. The van der Waals surface area contributed by atoms with E-state index in [2.05, 4.69) is 16.0 Å². The number of anilines is 2. The summed E-state index contributed by atoms with van der Waals surface area (Å²) in [5.41, 5.74) is 1.96. The summed E-state index contributed by atoms with van der Waals surface area (Å²) in [6.07, 6.45) is 2.11. The normalized spacial score (nSPS) is 14.2. The number of hydrogen-bond acceptors (Lipinski definition) is 4. The van der Waals surface area contributed by atoms with Crippen molar-refractivity contribution in [1.29, 1.82) is 0 Å². The molecule has 2 amide bonds. The molecule has 7 heteroatoms. The predicted octanol–water partition coefficient (Wildman–Crippen LogP) is 3.68. The van der Waals surface area contributed by atoms with Crippen molar-refractivity contribution >= 4 is 34.8 Å². The Morgan fingerprint density at radius 3 is 2.37 bits per heavy atom. The van der Waals surface area contributed by atoms with Gasteiger partial charge in [-0.1, -0.05) is 11.6 Å². The maximum atomic E-state index is 12.4. The van der Waals surface area contributed by atoms with Crippen molar-refractivity contribution in [2.45, 2.75) is 31.8 Å². The van der Waals surface area contributed by atoms with Gasteiger partial charge in [0.15, 0.2) is 0 Å². The van der Waals surface area contributed by atoms with E-state index in [-0.39, 0.29) is 11.8 Å². The summed E-state index contributed by atoms with van der Waals surface area (Å²) in [7, 11) is 1.53. The summed E-state index contributed by atoms with van der Waals surface area (Å²) in [6.45, 7) is 1.76. The predicted molar refractivity (Wildman–Crippen MR) is 107 cm³/mol. The molecule has 0 aromatic heterocycles. The number of methoxy groups -OCH3 is 1. The Hall–Kier alpha value is -2.73. The summed E-state index contributed by atoms with van der Waals surface area (Å²) in [6, 6.07) is 12.0. The van der Waals surface area contributed by atoms with E-state index in [0.29, 0.717) is 28.1 Å². The van der Waals surface area contributed by atoms with Crippen molar-refractivity contribution in [3.8, 4) is 5.75 Å². The fourth-order valence-corrected chi connectivity index (χ4v) is 2.78. The Labute approximate surface area is 163 Å². The van der Waals surface area contributed by atoms with Gasteiger partial charge in [-0.05, 0) is 62.2 Å². The highest BCUT2D eigenvalue weighted by Gasteiger charge is 2.23. The van der Waals surface area contributed by atoms with E-state index in [9.17, 15) is 9.59 Å². The molecule has 1 fully saturated rings. The zero-order valence-electron chi connectivity index (χ0n) is 15.2. The van der Waals surface area contributed by atoms with Gasteiger partial charge in [-0.25, -0.2) is 0 Å². The van der Waals surface area contributed by atoms with Crippen LogP contribution < -0.4 is 20.7 Å². The van der Waals surface area contributed by atoms with Crippen molar-refractivity contribution in [3.63, 3.8) is 0 Å². The number of rotatable bonds is 7. The van der Waals surface area contributed by atoms with Crippen molar-refractivity contribution in [1.82, 2.24) is 5.32 Å². The third-order valence-corrected chi connectivity index (χ3v) is 4.55. The van der Waals surface area contributed by atoms with Crippen molar-refractivity contribution in [2.75, 3.05) is 17.7 Å². The number of carbonyl (C=O) groups is 2. The molecule has 0 aliphatic heterocycles. The van der Waals surface area contributed by atoms with Gasteiger partial charge in [-0.2, -0.15) is 0 Å². The molecule has 0 heterocycles. The zero-order valence-corrected chi connectivity index (χ0v) is 16.0. The molecular weight excluding hydrogens is 366 g/mol. The lowest BCUT2D eigenvalue weighted by Gasteiger charge is -2.16. The Morgan fingerprint density at radius 2 is 1.78 bits per heavy atom. The van der Waals surface area contributed by atoms with E-state index >= 15 is 0 Å². The first-order valence-corrected chi connectivity index (χ1v) is 9.16. The van der Waals surface area contributed by atoms with Gasteiger partial charge in [0, 0.05) is 23.0 Å². The van der Waals surface area contributed by atoms with Crippen LogP contribution in [0.5, 0.6) is 5.75 Å². The quantitative estimate of drug-likeness (QED) is 0.677. The standard InChI is InChI=1S/C20H22ClN3O3/c1-12(19(25)24-16-9-10-18(27-2)17(21)11-16)22-14-5-3-13(4-6-14)20(26)23-15-7-8-15/h3-6,9-12,15,22H,7-8H2,1-2H3,(H,23,26)(H,24,25). The van der Waals surface area contributed by atoms with Gasteiger partial charge in [-0.15, -0.1) is 0 Å². The summed E-state index contributed by atoms with van der Waals surface area (Å²) in [5.74, 6) is 0.282. The van der Waals surface area contributed by atoms with Gasteiger partial charge in [0.05, 0.1) is 12.1 Å². The number of carbonyl (C=O) groups excluding carboxylic acids is 2. The highest BCUT2D eigenvalue weighted by molar-refractivity contribution is 6.32. The molecule has 1 saturated carbocycles. The molecule has 6 nitrogen and oxygen atoms in total. The van der Waals surface area contributed by atoms with Crippen molar-refractivity contribution < 1.29 is 14.3 Å². The number of amides is 2. The van der Waals surface area contributed by atoms with Crippen molar-refractivity contribution in [2.24, 2.45) is 0 Å². The molecule has 1 aliphatic rings. The molecule has 0 radical (unpaired) electrons. The first-order valence-electron chi connectivity index (χ1n) is 8.78. The van der Waals surface area contributed by atoms with Crippen LogP contribution in [-0.2, 0) is 4.79 Å². The van der Waals surface area contributed by atoms with Crippen LogP contribution in [0.2, 0.25) is 5.02 Å². The molecular formula is C20H22ClN3O3. The number of nitrogens with one attached hydrogen (secondary N) is 3. The molecule has 3 N–H and O–H groups in total. The van der Waals surface area contributed by atoms with Crippen molar-refractivity contribution in [3.05, 3.63) is 53.1 Å². The maximum Gasteiger partial charge on any atom is 0.251 e. The third kappa shape index (κ3) is 5.14. The molecule has 2 aromatic rings. The van der Waals surface area contributed by atoms with E-state index in [1.165, 1.54) is 7.11 Å². The SMILES string of the molecule is COc1ccc(NC(=O)C(C)Nc2ccc(C(=O)NC3CC3)cc2)cc1Cl. The number of halogens is 1. The second kappa shape index (κ2) is 8.31. The monoisotopic (exact) mass is 387 g/mol. The van der Waals surface area contributed by atoms with Gasteiger partial charge in [0.1, 0.15) is 11.8 Å². The minimum atomic E-state index is -0.475. The number of benzene rings is 2. The third-order valence-electron chi connectivity index (χ3n) is 4.26. The fraction of sp³-hybridized carbons (Fsp3) is 0.300. The summed E-state index contributed by atoms with van der Waals surface area (Å²) in [4.78, 5) is 24.4. The topological polar surface area (TPSA) is 79.5 Å². The molecule has 1 aliphatic carbocycles. The largest absolute Gasteiger partial charge is 0.495 e. The van der Waals surface area contributed by atoms with Gasteiger partial charge in [0.2, 0.25) is 5.91 Å². The van der Waals surface area contributed by atoms with E-state index in [0.717, 1.165) is 18.5 Å². The Balaban J connectivity index is 1.55. The van der Waals surface area contributed by atoms with Gasteiger partial charge in [-0.3, -0.25) is 9.59 Å². The van der Waals surface area contributed by atoms with E-state index in [4.69, 9.17) is 16.3 Å². The lowest BCUT2D eigenvalue weighted by atomic mass is 10.1. The zero-order chi connectivity index (χ0) is 19.4. The summed E-state index contributed by atoms with van der Waals surface area (Å²) in [5, 5.41) is 9.30.